The first-order valence-corrected chi connectivity index (χ1v) is 12.3. The normalized spacial score (nSPS) is 14.3. The number of rotatable bonds is 6. The molecular weight excluding hydrogens is 506 g/mol. The predicted molar refractivity (Wildman–Crippen MR) is 144 cm³/mol. The molecule has 1 fully saturated rings. The molecule has 1 aliphatic rings. The lowest BCUT2D eigenvalue weighted by molar-refractivity contribution is 0.313. The van der Waals surface area contributed by atoms with Crippen molar-refractivity contribution in [1.29, 1.82) is 0 Å². The highest BCUT2D eigenvalue weighted by Crippen LogP contribution is 2.27. The third-order valence-electron chi connectivity index (χ3n) is 6.09. The van der Waals surface area contributed by atoms with E-state index in [1.807, 2.05) is 36.4 Å². The van der Waals surface area contributed by atoms with Gasteiger partial charge in [-0.05, 0) is 43.4 Å². The van der Waals surface area contributed by atoms with E-state index in [1.54, 1.807) is 12.3 Å². The molecule has 0 bridgehead atoms. The number of nitrogens with one attached hydrogen (secondary N) is 1. The Labute approximate surface area is 212 Å². The number of anilines is 3. The first-order valence-electron chi connectivity index (χ1n) is 11.5. The highest BCUT2D eigenvalue weighted by molar-refractivity contribution is 9.10. The smallest absolute Gasteiger partial charge is 0.278 e. The molecule has 1 aliphatic heterocycles. The van der Waals surface area contributed by atoms with Gasteiger partial charge in [-0.15, -0.1) is 6.58 Å². The van der Waals surface area contributed by atoms with Crippen LogP contribution in [-0.2, 0) is 6.54 Å². The summed E-state index contributed by atoms with van der Waals surface area (Å²) in [4.78, 5) is 26.8. The van der Waals surface area contributed by atoms with Crippen LogP contribution in [0.25, 0.3) is 22.2 Å². The van der Waals surface area contributed by atoms with Gasteiger partial charge in [-0.2, -0.15) is 5.10 Å². The van der Waals surface area contributed by atoms with Gasteiger partial charge in [0.1, 0.15) is 11.2 Å². The number of hydrogen-bond donors (Lipinski definition) is 1. The van der Waals surface area contributed by atoms with Crippen molar-refractivity contribution in [2.24, 2.45) is 0 Å². The van der Waals surface area contributed by atoms with Crippen molar-refractivity contribution < 1.29 is 0 Å². The molecule has 2 aromatic carbocycles. The maximum Gasteiger partial charge on any atom is 0.278 e. The molecule has 4 aromatic rings. The van der Waals surface area contributed by atoms with Gasteiger partial charge in [0.05, 0.1) is 11.9 Å². The minimum absolute atomic E-state index is 0.248. The lowest BCUT2D eigenvalue weighted by atomic mass is 10.1. The monoisotopic (exact) mass is 531 g/mol. The van der Waals surface area contributed by atoms with E-state index in [4.69, 9.17) is 4.98 Å². The number of aromatic nitrogens is 4. The highest BCUT2D eigenvalue weighted by atomic mass is 79.9. The Morgan fingerprint density at radius 3 is 2.60 bits per heavy atom. The molecule has 1 saturated heterocycles. The molecule has 0 amide bonds. The van der Waals surface area contributed by atoms with Crippen LogP contribution in [0.5, 0.6) is 0 Å². The van der Waals surface area contributed by atoms with Gasteiger partial charge in [0.25, 0.3) is 5.56 Å². The largest absolute Gasteiger partial charge is 0.369 e. The van der Waals surface area contributed by atoms with Crippen LogP contribution in [0.2, 0.25) is 0 Å². The van der Waals surface area contributed by atoms with Gasteiger partial charge in [0, 0.05) is 53.8 Å². The summed E-state index contributed by atoms with van der Waals surface area (Å²) in [6, 6.07) is 16.0. The van der Waals surface area contributed by atoms with Crippen LogP contribution in [0.1, 0.15) is 0 Å². The SMILES string of the molecule is C=CCn1nc(-c2cccc(Br)c2)c2nc(Nc3ccc(N4CCN(C)CC4)cc3)ncc2c1=O. The number of likely N-dealkylation sites (N-methyl/N-ethyl adjacent to an activating group) is 1. The molecule has 2 aromatic heterocycles. The summed E-state index contributed by atoms with van der Waals surface area (Å²) in [6.45, 7) is 8.21. The molecule has 1 N–H and O–H groups in total. The second-order valence-electron chi connectivity index (χ2n) is 8.55. The Balaban J connectivity index is 1.49. The van der Waals surface area contributed by atoms with Crippen molar-refractivity contribution in [2.75, 3.05) is 43.4 Å². The van der Waals surface area contributed by atoms with Crippen molar-refractivity contribution >= 4 is 44.2 Å². The van der Waals surface area contributed by atoms with Crippen LogP contribution in [0.3, 0.4) is 0 Å². The van der Waals surface area contributed by atoms with E-state index >= 15 is 0 Å². The zero-order chi connectivity index (χ0) is 24.4. The zero-order valence-corrected chi connectivity index (χ0v) is 21.1. The topological polar surface area (TPSA) is 79.2 Å². The van der Waals surface area contributed by atoms with Crippen LogP contribution >= 0.6 is 15.9 Å². The zero-order valence-electron chi connectivity index (χ0n) is 19.5. The van der Waals surface area contributed by atoms with Gasteiger partial charge in [-0.1, -0.05) is 34.1 Å². The quantitative estimate of drug-likeness (QED) is 0.371. The fourth-order valence-corrected chi connectivity index (χ4v) is 4.56. The van der Waals surface area contributed by atoms with Gasteiger partial charge in [0.15, 0.2) is 0 Å². The average Bonchev–Trinajstić information content (AvgIpc) is 2.87. The number of benzene rings is 2. The summed E-state index contributed by atoms with van der Waals surface area (Å²) < 4.78 is 2.30. The molecule has 5 rings (SSSR count). The van der Waals surface area contributed by atoms with E-state index in [2.05, 4.69) is 66.9 Å². The van der Waals surface area contributed by atoms with Gasteiger partial charge in [0.2, 0.25) is 5.95 Å². The molecule has 0 unspecified atom stereocenters. The summed E-state index contributed by atoms with van der Waals surface area (Å²) in [5.41, 5.74) is 3.79. The Morgan fingerprint density at radius 1 is 1.11 bits per heavy atom. The van der Waals surface area contributed by atoms with Crippen molar-refractivity contribution in [1.82, 2.24) is 24.6 Å². The van der Waals surface area contributed by atoms with E-state index in [-0.39, 0.29) is 5.56 Å². The minimum atomic E-state index is -0.248. The van der Waals surface area contributed by atoms with Gasteiger partial charge < -0.3 is 15.1 Å². The van der Waals surface area contributed by atoms with Crippen molar-refractivity contribution in [3.8, 4) is 11.3 Å². The third-order valence-corrected chi connectivity index (χ3v) is 6.58. The second-order valence-corrected chi connectivity index (χ2v) is 9.47. The molecule has 0 saturated carbocycles. The van der Waals surface area contributed by atoms with Crippen LogP contribution in [-0.4, -0.2) is 57.9 Å². The molecule has 0 spiro atoms. The first kappa shape index (κ1) is 23.2. The molecule has 0 radical (unpaired) electrons. The summed E-state index contributed by atoms with van der Waals surface area (Å²) in [6.07, 6.45) is 3.21. The molecule has 8 nitrogen and oxygen atoms in total. The molecule has 0 aliphatic carbocycles. The predicted octanol–water partition coefficient (Wildman–Crippen LogP) is 4.30. The second kappa shape index (κ2) is 9.97. The standard InChI is InChI=1S/C26H26BrN7O/c1-3-11-34-25(35)22-17-28-26(30-24(22)23(31-34)18-5-4-6-19(27)16-18)29-20-7-9-21(10-8-20)33-14-12-32(2)13-15-33/h3-10,16-17H,1,11-15H2,2H3,(H,28,29,30). The number of piperazine rings is 1. The summed E-state index contributed by atoms with van der Waals surface area (Å²) >= 11 is 3.52. The number of halogens is 1. The maximum absolute atomic E-state index is 13.0. The minimum Gasteiger partial charge on any atom is -0.369 e. The maximum atomic E-state index is 13.0. The van der Waals surface area contributed by atoms with Gasteiger partial charge >= 0.3 is 0 Å². The molecule has 178 valence electrons. The fraction of sp³-hybridized carbons (Fsp3) is 0.231. The van der Waals surface area contributed by atoms with Crippen molar-refractivity contribution in [3.05, 3.63) is 82.2 Å². The lowest BCUT2D eigenvalue weighted by Gasteiger charge is -2.34. The highest BCUT2D eigenvalue weighted by Gasteiger charge is 2.16. The molecule has 9 heteroatoms. The van der Waals surface area contributed by atoms with Crippen LogP contribution in [0.4, 0.5) is 17.3 Å². The Hall–Kier alpha value is -3.56. The number of hydrogen-bond acceptors (Lipinski definition) is 7. The molecular formula is C26H26BrN7O. The Bertz CT molecular complexity index is 1430. The van der Waals surface area contributed by atoms with Crippen molar-refractivity contribution in [3.63, 3.8) is 0 Å². The van der Waals surface area contributed by atoms with Crippen LogP contribution in [0.15, 0.2) is 76.6 Å². The summed E-state index contributed by atoms with van der Waals surface area (Å²) in [5.74, 6) is 0.406. The lowest BCUT2D eigenvalue weighted by Crippen LogP contribution is -2.44. The fourth-order valence-electron chi connectivity index (χ4n) is 4.16. The van der Waals surface area contributed by atoms with Crippen molar-refractivity contribution in [2.45, 2.75) is 6.54 Å². The van der Waals surface area contributed by atoms with Crippen LogP contribution in [0, 0.1) is 0 Å². The van der Waals surface area contributed by atoms with E-state index in [1.165, 1.54) is 10.4 Å². The number of fused-ring (bicyclic) bond motifs is 1. The van der Waals surface area contributed by atoms with Crippen LogP contribution < -0.4 is 15.8 Å². The Morgan fingerprint density at radius 2 is 1.89 bits per heavy atom. The average molecular weight is 532 g/mol. The first-order chi connectivity index (χ1) is 17.0. The molecule has 35 heavy (non-hydrogen) atoms. The summed E-state index contributed by atoms with van der Waals surface area (Å²) in [5, 5.41) is 8.28. The number of nitrogens with zero attached hydrogens (tertiary/aromatic N) is 6. The summed E-state index contributed by atoms with van der Waals surface area (Å²) in [7, 11) is 2.15. The molecule has 0 atom stereocenters. The Kier molecular flexibility index (Phi) is 6.61. The van der Waals surface area contributed by atoms with E-state index in [9.17, 15) is 4.79 Å². The third kappa shape index (κ3) is 4.96. The van der Waals surface area contributed by atoms with Gasteiger partial charge in [-0.3, -0.25) is 4.79 Å². The van der Waals surface area contributed by atoms with E-state index in [0.29, 0.717) is 29.1 Å². The van der Waals surface area contributed by atoms with Gasteiger partial charge in [-0.25, -0.2) is 14.6 Å². The van der Waals surface area contributed by atoms with E-state index in [0.717, 1.165) is 41.9 Å². The molecule has 3 heterocycles. The van der Waals surface area contributed by atoms with E-state index < -0.39 is 0 Å². The number of allylic oxidation sites excluding steroid dienone is 1.